The van der Waals surface area contributed by atoms with Gasteiger partial charge in [0.25, 0.3) is 0 Å². The number of amides is 1. The van der Waals surface area contributed by atoms with Crippen LogP contribution in [-0.4, -0.2) is 31.3 Å². The van der Waals surface area contributed by atoms with Gasteiger partial charge >= 0.3 is 0 Å². The van der Waals surface area contributed by atoms with Gasteiger partial charge in [0, 0.05) is 29.7 Å². The Bertz CT molecular complexity index is 887. The average Bonchev–Trinajstić information content (AvgIpc) is 3.07. The van der Waals surface area contributed by atoms with Crippen LogP contribution in [-0.2, 0) is 4.79 Å². The fourth-order valence-corrected chi connectivity index (χ4v) is 2.69. The van der Waals surface area contributed by atoms with Crippen molar-refractivity contribution in [2.75, 3.05) is 5.32 Å². The third kappa shape index (κ3) is 4.18. The lowest BCUT2D eigenvalue weighted by molar-refractivity contribution is -0.115. The maximum atomic E-state index is 13.2. The predicted octanol–water partition coefficient (Wildman–Crippen LogP) is 3.26. The summed E-state index contributed by atoms with van der Waals surface area (Å²) in [5.74, 6) is -1.79. The number of pyridine rings is 1. The van der Waals surface area contributed by atoms with Crippen molar-refractivity contribution in [1.29, 1.82) is 0 Å². The first-order chi connectivity index (χ1) is 12.0. The summed E-state index contributed by atoms with van der Waals surface area (Å²) < 4.78 is 26.1. The molecule has 1 amide bonds. The number of hydrogen-bond donors (Lipinski definition) is 2. The van der Waals surface area contributed by atoms with E-state index < -0.39 is 16.9 Å². The predicted molar refractivity (Wildman–Crippen MR) is 89.9 cm³/mol. The van der Waals surface area contributed by atoms with Crippen LogP contribution < -0.4 is 5.32 Å². The molecule has 0 unspecified atom stereocenters. The summed E-state index contributed by atoms with van der Waals surface area (Å²) >= 11 is 1.14. The molecule has 0 aliphatic rings. The van der Waals surface area contributed by atoms with E-state index in [1.54, 1.807) is 31.5 Å². The Hall–Kier alpha value is -2.81. The highest BCUT2D eigenvalue weighted by Gasteiger charge is 2.18. The van der Waals surface area contributed by atoms with Crippen LogP contribution in [0.15, 0.2) is 47.9 Å². The first-order valence-corrected chi connectivity index (χ1v) is 8.16. The molecular weight excluding hydrogens is 348 g/mol. The van der Waals surface area contributed by atoms with Crippen LogP contribution in [0.5, 0.6) is 0 Å². The molecular formula is C16H13F2N5OS. The van der Waals surface area contributed by atoms with Crippen LogP contribution in [0.2, 0.25) is 0 Å². The van der Waals surface area contributed by atoms with Crippen molar-refractivity contribution in [3.8, 4) is 11.4 Å². The molecule has 2 heterocycles. The van der Waals surface area contributed by atoms with E-state index in [1.165, 1.54) is 6.07 Å². The first-order valence-electron chi connectivity index (χ1n) is 7.28. The van der Waals surface area contributed by atoms with Gasteiger partial charge in [0.15, 0.2) is 17.5 Å². The van der Waals surface area contributed by atoms with Crippen LogP contribution in [0.25, 0.3) is 11.4 Å². The lowest BCUT2D eigenvalue weighted by Crippen LogP contribution is -2.22. The maximum absolute atomic E-state index is 13.2. The van der Waals surface area contributed by atoms with E-state index in [4.69, 9.17) is 0 Å². The lowest BCUT2D eigenvalue weighted by atomic mass is 10.3. The maximum Gasteiger partial charge on any atom is 0.237 e. The van der Waals surface area contributed by atoms with Crippen LogP contribution in [0.3, 0.4) is 0 Å². The highest BCUT2D eigenvalue weighted by Crippen LogP contribution is 2.23. The van der Waals surface area contributed by atoms with E-state index in [0.717, 1.165) is 29.5 Å². The molecule has 0 saturated carbocycles. The van der Waals surface area contributed by atoms with E-state index in [9.17, 15) is 13.6 Å². The van der Waals surface area contributed by atoms with Gasteiger partial charge in [-0.25, -0.2) is 13.8 Å². The van der Waals surface area contributed by atoms with Crippen molar-refractivity contribution in [1.82, 2.24) is 20.2 Å². The smallest absolute Gasteiger partial charge is 0.237 e. The van der Waals surface area contributed by atoms with Crippen molar-refractivity contribution in [3.05, 3.63) is 54.4 Å². The van der Waals surface area contributed by atoms with Crippen LogP contribution in [0, 0.1) is 11.6 Å². The Balaban J connectivity index is 1.63. The number of hydrogen-bond acceptors (Lipinski definition) is 5. The van der Waals surface area contributed by atoms with Crippen molar-refractivity contribution >= 4 is 23.4 Å². The number of aromatic nitrogens is 4. The standard InChI is InChI=1S/C16H13F2N5OS/c1-9(15(24)20-11-2-3-12(17)13(18)8-11)25-16-21-14(22-23-16)10-4-6-19-7-5-10/h2-9H,1H3,(H,20,24)(H,21,22,23)/t9-/m0/s1. The molecule has 2 N–H and O–H groups in total. The van der Waals surface area contributed by atoms with Gasteiger partial charge in [0.2, 0.25) is 11.1 Å². The number of rotatable bonds is 5. The molecule has 9 heteroatoms. The van der Waals surface area contributed by atoms with Gasteiger partial charge in [-0.05, 0) is 31.2 Å². The molecule has 0 spiro atoms. The third-order valence-electron chi connectivity index (χ3n) is 3.26. The zero-order valence-electron chi connectivity index (χ0n) is 13.0. The molecule has 0 bridgehead atoms. The molecule has 3 rings (SSSR count). The number of benzene rings is 1. The number of aromatic amines is 1. The minimum absolute atomic E-state index is 0.184. The quantitative estimate of drug-likeness (QED) is 0.682. The number of nitrogens with one attached hydrogen (secondary N) is 2. The Morgan fingerprint density at radius 2 is 1.96 bits per heavy atom. The molecule has 0 fully saturated rings. The number of carbonyl (C=O) groups is 1. The Morgan fingerprint density at radius 3 is 2.68 bits per heavy atom. The van der Waals surface area contributed by atoms with Crippen molar-refractivity contribution in [2.24, 2.45) is 0 Å². The van der Waals surface area contributed by atoms with E-state index in [2.05, 4.69) is 25.5 Å². The van der Waals surface area contributed by atoms with E-state index in [1.807, 2.05) is 0 Å². The average molecular weight is 361 g/mol. The first kappa shape index (κ1) is 17.0. The Morgan fingerprint density at radius 1 is 1.20 bits per heavy atom. The number of nitrogens with zero attached hydrogens (tertiary/aromatic N) is 3. The van der Waals surface area contributed by atoms with Crippen LogP contribution >= 0.6 is 11.8 Å². The zero-order valence-corrected chi connectivity index (χ0v) is 13.8. The molecule has 1 aromatic carbocycles. The van der Waals surface area contributed by atoms with Crippen molar-refractivity contribution in [2.45, 2.75) is 17.3 Å². The molecule has 6 nitrogen and oxygen atoms in total. The monoisotopic (exact) mass is 361 g/mol. The van der Waals surface area contributed by atoms with E-state index >= 15 is 0 Å². The van der Waals surface area contributed by atoms with Crippen LogP contribution in [0.1, 0.15) is 6.92 Å². The highest BCUT2D eigenvalue weighted by molar-refractivity contribution is 8.00. The van der Waals surface area contributed by atoms with Gasteiger partial charge < -0.3 is 5.32 Å². The Kier molecular flexibility index (Phi) is 5.03. The summed E-state index contributed by atoms with van der Waals surface area (Å²) in [4.78, 5) is 20.4. The molecule has 25 heavy (non-hydrogen) atoms. The van der Waals surface area contributed by atoms with Crippen molar-refractivity contribution in [3.63, 3.8) is 0 Å². The van der Waals surface area contributed by atoms with E-state index in [0.29, 0.717) is 11.0 Å². The molecule has 0 aliphatic heterocycles. The second-order valence-corrected chi connectivity index (χ2v) is 6.39. The van der Waals surface area contributed by atoms with Gasteiger partial charge in [0.1, 0.15) is 0 Å². The number of carbonyl (C=O) groups excluding carboxylic acids is 1. The zero-order chi connectivity index (χ0) is 17.8. The SMILES string of the molecule is C[C@H](Sc1n[nH]c(-c2ccncc2)n1)C(=O)Nc1ccc(F)c(F)c1. The van der Waals surface area contributed by atoms with Crippen molar-refractivity contribution < 1.29 is 13.6 Å². The van der Waals surface area contributed by atoms with Gasteiger partial charge in [0.05, 0.1) is 5.25 Å². The van der Waals surface area contributed by atoms with Gasteiger partial charge in [-0.1, -0.05) is 11.8 Å². The normalized spacial score (nSPS) is 12.0. The number of anilines is 1. The van der Waals surface area contributed by atoms with Gasteiger partial charge in [-0.15, -0.1) is 5.10 Å². The van der Waals surface area contributed by atoms with Crippen LogP contribution in [0.4, 0.5) is 14.5 Å². The number of halogens is 2. The summed E-state index contributed by atoms with van der Waals surface area (Å²) in [5, 5.41) is 9.26. The summed E-state index contributed by atoms with van der Waals surface area (Å²) in [5.41, 5.74) is 1.01. The number of thioether (sulfide) groups is 1. The second-order valence-electron chi connectivity index (χ2n) is 5.08. The van der Waals surface area contributed by atoms with Gasteiger partial charge in [-0.3, -0.25) is 14.9 Å². The fourth-order valence-electron chi connectivity index (χ4n) is 1.97. The molecule has 0 aliphatic carbocycles. The third-order valence-corrected chi connectivity index (χ3v) is 4.22. The summed E-state index contributed by atoms with van der Waals surface area (Å²) in [7, 11) is 0. The summed E-state index contributed by atoms with van der Waals surface area (Å²) in [6.45, 7) is 1.67. The molecule has 128 valence electrons. The molecule has 0 saturated heterocycles. The molecule has 1 atom stereocenters. The summed E-state index contributed by atoms with van der Waals surface area (Å²) in [6.07, 6.45) is 3.28. The second kappa shape index (κ2) is 7.39. The van der Waals surface area contributed by atoms with Gasteiger partial charge in [-0.2, -0.15) is 0 Å². The summed E-state index contributed by atoms with van der Waals surface area (Å²) in [6, 6.07) is 6.75. The Labute approximate surface area is 146 Å². The highest BCUT2D eigenvalue weighted by atomic mass is 32.2. The minimum Gasteiger partial charge on any atom is -0.325 e. The molecule has 2 aromatic heterocycles. The fraction of sp³-hybridized carbons (Fsp3) is 0.125. The number of H-pyrrole nitrogens is 1. The topological polar surface area (TPSA) is 83.6 Å². The minimum atomic E-state index is -1.02. The lowest BCUT2D eigenvalue weighted by Gasteiger charge is -2.10. The molecule has 0 radical (unpaired) electrons. The molecule has 3 aromatic rings. The largest absolute Gasteiger partial charge is 0.325 e. The van der Waals surface area contributed by atoms with E-state index in [-0.39, 0.29) is 11.6 Å².